The first kappa shape index (κ1) is 24.3. The van der Waals surface area contributed by atoms with Gasteiger partial charge in [-0.2, -0.15) is 0 Å². The molecule has 7 heteroatoms. The Bertz CT molecular complexity index is 1190. The Morgan fingerprint density at radius 1 is 1.00 bits per heavy atom. The largest absolute Gasteiger partial charge is 0.386 e. The lowest BCUT2D eigenvalue weighted by molar-refractivity contribution is -0.137. The van der Waals surface area contributed by atoms with Crippen LogP contribution in [0, 0.1) is 0 Å². The normalized spacial score (nSPS) is 18.3. The van der Waals surface area contributed by atoms with E-state index >= 15 is 0 Å². The highest BCUT2D eigenvalue weighted by Crippen LogP contribution is 2.44. The molecule has 2 N–H and O–H groups in total. The Labute approximate surface area is 215 Å². The van der Waals surface area contributed by atoms with E-state index in [9.17, 15) is 9.90 Å². The molecule has 0 unspecified atom stereocenters. The molecule has 182 valence electrons. The minimum Gasteiger partial charge on any atom is -0.386 e. The van der Waals surface area contributed by atoms with Gasteiger partial charge in [0.1, 0.15) is 0 Å². The number of piperidine rings is 1. The molecule has 2 aliphatic heterocycles. The zero-order valence-corrected chi connectivity index (χ0v) is 20.8. The van der Waals surface area contributed by atoms with Crippen molar-refractivity contribution in [1.29, 1.82) is 0 Å². The molecule has 0 saturated carbocycles. The highest BCUT2D eigenvalue weighted by atomic mass is 35.5. The number of hydrogen-bond donors (Lipinski definition) is 2. The summed E-state index contributed by atoms with van der Waals surface area (Å²) < 4.78 is 6.23. The summed E-state index contributed by atoms with van der Waals surface area (Å²) in [6, 6.07) is 22.3. The van der Waals surface area contributed by atoms with Gasteiger partial charge in [0.2, 0.25) is 5.91 Å². The van der Waals surface area contributed by atoms with Crippen LogP contribution < -0.4 is 5.32 Å². The first-order valence-corrected chi connectivity index (χ1v) is 12.6. The van der Waals surface area contributed by atoms with Crippen LogP contribution in [0.4, 0.5) is 0 Å². The highest BCUT2D eigenvalue weighted by molar-refractivity contribution is 6.31. The molecule has 0 bridgehead atoms. The first-order valence-electron chi connectivity index (χ1n) is 11.9. The van der Waals surface area contributed by atoms with Crippen molar-refractivity contribution in [3.63, 3.8) is 0 Å². The molecule has 0 aromatic heterocycles. The van der Waals surface area contributed by atoms with Crippen LogP contribution in [0.5, 0.6) is 0 Å². The predicted molar refractivity (Wildman–Crippen MR) is 137 cm³/mol. The third kappa shape index (κ3) is 4.97. The summed E-state index contributed by atoms with van der Waals surface area (Å²) in [5.74, 6) is -0.00328. The van der Waals surface area contributed by atoms with E-state index in [1.165, 1.54) is 11.1 Å². The Morgan fingerprint density at radius 2 is 1.69 bits per heavy atom. The molecule has 1 amide bonds. The van der Waals surface area contributed by atoms with E-state index < -0.39 is 12.1 Å². The summed E-state index contributed by atoms with van der Waals surface area (Å²) in [4.78, 5) is 15.0. The van der Waals surface area contributed by atoms with Gasteiger partial charge >= 0.3 is 0 Å². The number of ether oxygens (including phenoxy) is 1. The van der Waals surface area contributed by atoms with Gasteiger partial charge in [0, 0.05) is 28.7 Å². The fraction of sp³-hybridized carbons (Fsp3) is 0.321. The number of benzene rings is 3. The summed E-state index contributed by atoms with van der Waals surface area (Å²) in [5.41, 5.74) is 3.64. The quantitative estimate of drug-likeness (QED) is 0.465. The lowest BCUT2D eigenvalue weighted by Gasteiger charge is -2.39. The van der Waals surface area contributed by atoms with Gasteiger partial charge in [0.15, 0.2) is 0 Å². The molecule has 2 atom stereocenters. The summed E-state index contributed by atoms with van der Waals surface area (Å²) in [6.45, 7) is 1.99. The molecule has 3 aromatic carbocycles. The summed E-state index contributed by atoms with van der Waals surface area (Å²) in [7, 11) is 0. The van der Waals surface area contributed by atoms with Gasteiger partial charge in [0.25, 0.3) is 0 Å². The molecule has 5 nitrogen and oxygen atoms in total. The number of carbonyl (C=O) groups is 1. The van der Waals surface area contributed by atoms with Gasteiger partial charge in [-0.15, -0.1) is 0 Å². The third-order valence-electron chi connectivity index (χ3n) is 7.18. The Kier molecular flexibility index (Phi) is 7.14. The van der Waals surface area contributed by atoms with Gasteiger partial charge in [-0.3, -0.25) is 10.1 Å². The van der Waals surface area contributed by atoms with E-state index in [-0.39, 0.29) is 18.1 Å². The molecule has 0 radical (unpaired) electrons. The highest BCUT2D eigenvalue weighted by Gasteiger charge is 2.43. The third-order valence-corrected chi connectivity index (χ3v) is 7.77. The average Bonchev–Trinajstić information content (AvgIpc) is 3.23. The summed E-state index contributed by atoms with van der Waals surface area (Å²) >= 11 is 12.4. The van der Waals surface area contributed by atoms with Crippen molar-refractivity contribution in [2.24, 2.45) is 0 Å². The molecule has 2 heterocycles. The first-order chi connectivity index (χ1) is 17.0. The van der Waals surface area contributed by atoms with E-state index in [0.29, 0.717) is 35.3 Å². The van der Waals surface area contributed by atoms with Crippen LogP contribution >= 0.6 is 23.2 Å². The average molecular weight is 511 g/mol. The van der Waals surface area contributed by atoms with Gasteiger partial charge in [-0.25, -0.2) is 0 Å². The van der Waals surface area contributed by atoms with Crippen molar-refractivity contribution in [3.05, 3.63) is 105 Å². The molecule has 1 fully saturated rings. The van der Waals surface area contributed by atoms with Crippen molar-refractivity contribution in [2.45, 2.75) is 37.2 Å². The van der Waals surface area contributed by atoms with Crippen molar-refractivity contribution < 1.29 is 14.6 Å². The number of hydrogen-bond acceptors (Lipinski definition) is 4. The van der Waals surface area contributed by atoms with Gasteiger partial charge in [-0.05, 0) is 47.7 Å². The van der Waals surface area contributed by atoms with Crippen molar-refractivity contribution >= 4 is 29.1 Å². The van der Waals surface area contributed by atoms with Crippen LogP contribution in [0.25, 0.3) is 0 Å². The molecule has 1 spiro atoms. The number of carbonyl (C=O) groups excluding carboxylic acids is 1. The molecular formula is C28H28Cl2N2O3. The smallest absolute Gasteiger partial charge is 0.236 e. The number of fused-ring (bicyclic) bond motifs is 2. The van der Waals surface area contributed by atoms with E-state index in [1.54, 1.807) is 24.3 Å². The minimum absolute atomic E-state index is 0.00328. The Balaban J connectivity index is 1.26. The number of aliphatic hydroxyl groups excluding tert-OH is 1. The number of likely N-dealkylation sites (tertiary alicyclic amines) is 1. The molecule has 2 aliphatic rings. The number of rotatable bonds is 6. The maximum absolute atomic E-state index is 13.2. The van der Waals surface area contributed by atoms with Gasteiger partial charge < -0.3 is 14.7 Å². The van der Waals surface area contributed by atoms with E-state index in [4.69, 9.17) is 27.9 Å². The molecule has 0 aliphatic carbocycles. The summed E-state index contributed by atoms with van der Waals surface area (Å²) in [5, 5.41) is 15.6. The zero-order chi connectivity index (χ0) is 24.4. The molecule has 35 heavy (non-hydrogen) atoms. The van der Waals surface area contributed by atoms with E-state index in [2.05, 4.69) is 23.5 Å². The Morgan fingerprint density at radius 3 is 2.43 bits per heavy atom. The van der Waals surface area contributed by atoms with Gasteiger partial charge in [0.05, 0.1) is 30.9 Å². The standard InChI is InChI=1S/C28H28Cl2N2O3/c29-21-11-9-19(10-12-21)26(27(34)22-6-2-4-8-24(22)30)31-17-25(33)32-15-13-28(14-16-32)23-7-3-1-5-20(23)18-35-28/h1-12,26-27,31,34H,13-18H2/t26-,27+/m1/s1. The second-order valence-corrected chi connectivity index (χ2v) is 10.0. The number of amides is 1. The molecule has 5 rings (SSSR count). The number of aliphatic hydroxyl groups is 1. The van der Waals surface area contributed by atoms with Crippen LogP contribution in [0.3, 0.4) is 0 Å². The van der Waals surface area contributed by atoms with Crippen LogP contribution in [0.1, 0.15) is 47.2 Å². The predicted octanol–water partition coefficient (Wildman–Crippen LogP) is 5.41. The molecule has 1 saturated heterocycles. The SMILES string of the molecule is O=C(CN[C@H](c1ccc(Cl)cc1)[C@@H](O)c1ccccc1Cl)N1CCC2(CC1)OCc1ccccc12. The van der Waals surface area contributed by atoms with Crippen molar-refractivity contribution in [1.82, 2.24) is 10.2 Å². The zero-order valence-electron chi connectivity index (χ0n) is 19.3. The van der Waals surface area contributed by atoms with Crippen molar-refractivity contribution in [2.75, 3.05) is 19.6 Å². The van der Waals surface area contributed by atoms with Crippen LogP contribution in [0.2, 0.25) is 10.0 Å². The second kappa shape index (κ2) is 10.3. The van der Waals surface area contributed by atoms with Crippen LogP contribution in [-0.2, 0) is 21.7 Å². The lowest BCUT2D eigenvalue weighted by Crippen LogP contribution is -2.48. The maximum atomic E-state index is 13.2. The van der Waals surface area contributed by atoms with Gasteiger partial charge in [-0.1, -0.05) is 77.8 Å². The fourth-order valence-corrected chi connectivity index (χ4v) is 5.57. The fourth-order valence-electron chi connectivity index (χ4n) is 5.20. The number of nitrogens with zero attached hydrogens (tertiary/aromatic N) is 1. The van der Waals surface area contributed by atoms with E-state index in [1.807, 2.05) is 35.2 Å². The van der Waals surface area contributed by atoms with Crippen LogP contribution in [-0.4, -0.2) is 35.5 Å². The number of nitrogens with one attached hydrogen (secondary N) is 1. The summed E-state index contributed by atoms with van der Waals surface area (Å²) in [6.07, 6.45) is 0.614. The maximum Gasteiger partial charge on any atom is 0.236 e. The van der Waals surface area contributed by atoms with Crippen LogP contribution in [0.15, 0.2) is 72.8 Å². The topological polar surface area (TPSA) is 61.8 Å². The monoisotopic (exact) mass is 510 g/mol. The molecular weight excluding hydrogens is 483 g/mol. The lowest BCUT2D eigenvalue weighted by atomic mass is 9.84. The molecule has 3 aromatic rings. The second-order valence-electron chi connectivity index (χ2n) is 9.20. The van der Waals surface area contributed by atoms with E-state index in [0.717, 1.165) is 18.4 Å². The Hall–Kier alpha value is -2.41. The number of halogens is 2. The minimum atomic E-state index is -0.939. The van der Waals surface area contributed by atoms with Crippen molar-refractivity contribution in [3.8, 4) is 0 Å².